The van der Waals surface area contributed by atoms with Crippen molar-refractivity contribution >= 4 is 52.0 Å². The van der Waals surface area contributed by atoms with E-state index in [1.807, 2.05) is 25.7 Å². The predicted molar refractivity (Wildman–Crippen MR) is 168 cm³/mol. The summed E-state index contributed by atoms with van der Waals surface area (Å²) in [4.78, 5) is 25.5. The second-order valence-corrected chi connectivity index (χ2v) is 14.8. The number of hydrogen-bond acceptors (Lipinski definition) is 7. The molecule has 1 fully saturated rings. The van der Waals surface area contributed by atoms with E-state index in [4.69, 9.17) is 19.2 Å². The smallest absolute Gasteiger partial charge is 0.410 e. The minimum absolute atomic E-state index is 0.155. The molecular formula is C29H41IN4O4S. The van der Waals surface area contributed by atoms with Gasteiger partial charge in [-0.25, -0.2) is 9.79 Å². The van der Waals surface area contributed by atoms with E-state index < -0.39 is 5.60 Å². The maximum Gasteiger partial charge on any atom is 0.410 e. The molecule has 0 spiro atoms. The SMILES string of the molecule is CCc1cc(N2CCN(C(=O)OC(C)(C)C)CC2)cc2c1N=c1ccc(N(CCOC)CCOC)cc1=S2I. The van der Waals surface area contributed by atoms with Crippen molar-refractivity contribution in [3.05, 3.63) is 45.8 Å². The number of halogens is 1. The normalized spacial score (nSPS) is 16.8. The number of aryl methyl sites for hydroxylation is 1. The van der Waals surface area contributed by atoms with Crippen LogP contribution >= 0.6 is 28.9 Å². The van der Waals surface area contributed by atoms with Crippen LogP contribution in [0.1, 0.15) is 33.3 Å². The number of benzene rings is 2. The van der Waals surface area contributed by atoms with Crippen molar-refractivity contribution in [2.24, 2.45) is 4.99 Å². The highest BCUT2D eigenvalue weighted by Gasteiger charge is 2.27. The van der Waals surface area contributed by atoms with Gasteiger partial charge in [-0.15, -0.1) is 0 Å². The topological polar surface area (TPSA) is 66.8 Å². The average Bonchev–Trinajstić information content (AvgIpc) is 2.92. The molecule has 10 heteroatoms. The zero-order valence-corrected chi connectivity index (χ0v) is 26.9. The minimum Gasteiger partial charge on any atom is -0.444 e. The van der Waals surface area contributed by atoms with Gasteiger partial charge in [-0.3, -0.25) is 0 Å². The first-order valence-corrected chi connectivity index (χ1v) is 17.3. The van der Waals surface area contributed by atoms with Gasteiger partial charge >= 0.3 is 6.09 Å². The lowest BCUT2D eigenvalue weighted by atomic mass is 10.1. The number of anilines is 2. The molecule has 0 aromatic heterocycles. The van der Waals surface area contributed by atoms with Crippen LogP contribution < -0.4 is 15.2 Å². The van der Waals surface area contributed by atoms with Gasteiger partial charge < -0.3 is 28.9 Å². The fourth-order valence-electron chi connectivity index (χ4n) is 4.79. The summed E-state index contributed by atoms with van der Waals surface area (Å²) in [5, 5.41) is 1.05. The van der Waals surface area contributed by atoms with Crippen molar-refractivity contribution < 1.29 is 19.0 Å². The lowest BCUT2D eigenvalue weighted by Gasteiger charge is -2.37. The molecule has 1 saturated heterocycles. The summed E-state index contributed by atoms with van der Waals surface area (Å²) in [7, 11) is 3.32. The number of ether oxygens (including phenoxy) is 3. The fraction of sp³-hybridized carbons (Fsp3) is 0.552. The third kappa shape index (κ3) is 7.25. The Bertz CT molecular complexity index is 1300. The molecule has 0 aliphatic carbocycles. The van der Waals surface area contributed by atoms with Crippen LogP contribution in [0.2, 0.25) is 0 Å². The summed E-state index contributed by atoms with van der Waals surface area (Å²) in [6, 6.07) is 11.2. The standard InChI is InChI=1S/C29H41IN4O4S/c1-7-21-18-23(32-10-12-34(13-11-32)28(35)38-29(2,3)4)20-26-27(21)31-24-9-8-22(19-25(24)39(26)30)33(14-16-36-5)15-17-37-6/h8-9,18-20H,7,10-17H2,1-6H3. The number of piperazine rings is 1. The highest BCUT2D eigenvalue weighted by Crippen LogP contribution is 2.48. The molecule has 0 bridgehead atoms. The van der Waals surface area contributed by atoms with E-state index in [9.17, 15) is 4.79 Å². The lowest BCUT2D eigenvalue weighted by Crippen LogP contribution is -2.50. The van der Waals surface area contributed by atoms with E-state index in [-0.39, 0.29) is 13.7 Å². The Morgan fingerprint density at radius 2 is 1.72 bits per heavy atom. The highest BCUT2D eigenvalue weighted by molar-refractivity contribution is 14.2. The van der Waals surface area contributed by atoms with Gasteiger partial charge in [-0.2, -0.15) is 0 Å². The summed E-state index contributed by atoms with van der Waals surface area (Å²) in [6.45, 7) is 13.7. The van der Waals surface area contributed by atoms with E-state index in [2.05, 4.69) is 68.3 Å². The molecule has 2 heterocycles. The summed E-state index contributed by atoms with van der Waals surface area (Å²) >= 11 is 2.59. The van der Waals surface area contributed by atoms with Crippen LogP contribution in [0, 0.1) is 4.51 Å². The molecule has 2 aliphatic rings. The van der Waals surface area contributed by atoms with Gasteiger partial charge in [0, 0.05) is 74.3 Å². The quantitative estimate of drug-likeness (QED) is 0.256. The fourth-order valence-corrected chi connectivity index (χ4v) is 8.18. The Balaban J connectivity index is 1.63. The number of methoxy groups -OCH3 is 2. The molecule has 0 radical (unpaired) electrons. The molecule has 214 valence electrons. The Morgan fingerprint density at radius 1 is 1.05 bits per heavy atom. The number of carbonyl (C=O) groups is 1. The van der Waals surface area contributed by atoms with Crippen LogP contribution in [0.4, 0.5) is 21.9 Å². The van der Waals surface area contributed by atoms with Crippen molar-refractivity contribution in [1.82, 2.24) is 4.90 Å². The number of rotatable bonds is 9. The Morgan fingerprint density at radius 3 is 2.31 bits per heavy atom. The maximum atomic E-state index is 12.6. The second kappa shape index (κ2) is 13.2. The molecule has 1 unspecified atom stereocenters. The van der Waals surface area contributed by atoms with Crippen LogP contribution in [-0.4, -0.2) is 83.3 Å². The molecular weight excluding hydrogens is 627 g/mol. The molecule has 2 aliphatic heterocycles. The molecule has 39 heavy (non-hydrogen) atoms. The summed E-state index contributed by atoms with van der Waals surface area (Å²) in [5.74, 6) is 0. The highest BCUT2D eigenvalue weighted by atomic mass is 127. The van der Waals surface area contributed by atoms with E-state index in [0.717, 1.165) is 43.6 Å². The van der Waals surface area contributed by atoms with Crippen molar-refractivity contribution in [2.75, 3.05) is 76.5 Å². The maximum absolute atomic E-state index is 12.6. The number of fused-ring (bicyclic) bond motifs is 2. The van der Waals surface area contributed by atoms with E-state index in [1.54, 1.807) is 14.2 Å². The molecule has 8 nitrogen and oxygen atoms in total. The number of carbonyl (C=O) groups excluding carboxylic acids is 1. The van der Waals surface area contributed by atoms with Gasteiger partial charge in [0.25, 0.3) is 0 Å². The molecule has 4 rings (SSSR count). The second-order valence-electron chi connectivity index (χ2n) is 10.8. The molecule has 2 aromatic carbocycles. The monoisotopic (exact) mass is 668 g/mol. The van der Waals surface area contributed by atoms with Crippen molar-refractivity contribution in [3.8, 4) is 0 Å². The van der Waals surface area contributed by atoms with Crippen LogP contribution in [0.5, 0.6) is 0 Å². The first-order valence-electron chi connectivity index (χ1n) is 13.5. The molecule has 1 atom stereocenters. The van der Waals surface area contributed by atoms with Crippen LogP contribution in [0.15, 0.2) is 40.2 Å². The summed E-state index contributed by atoms with van der Waals surface area (Å²) < 4.78 is 17.6. The molecule has 0 saturated carbocycles. The van der Waals surface area contributed by atoms with Crippen molar-refractivity contribution in [1.29, 1.82) is 0 Å². The first-order chi connectivity index (χ1) is 18.6. The number of amides is 1. The molecule has 1 amide bonds. The minimum atomic E-state index is -0.483. The van der Waals surface area contributed by atoms with Gasteiger partial charge in [0.15, 0.2) is 0 Å². The zero-order chi connectivity index (χ0) is 28.2. The Hall–Kier alpha value is -1.89. The van der Waals surface area contributed by atoms with E-state index in [0.29, 0.717) is 26.3 Å². The van der Waals surface area contributed by atoms with Gasteiger partial charge in [-0.05, 0) is 84.3 Å². The Kier molecular flexibility index (Phi) is 10.2. The van der Waals surface area contributed by atoms with Crippen LogP contribution in [0.25, 0.3) is 0 Å². The van der Waals surface area contributed by atoms with Crippen molar-refractivity contribution in [3.63, 3.8) is 0 Å². The third-order valence-electron chi connectivity index (χ3n) is 6.87. The van der Waals surface area contributed by atoms with Crippen molar-refractivity contribution in [2.45, 2.75) is 44.6 Å². The van der Waals surface area contributed by atoms with E-state index >= 15 is 0 Å². The average molecular weight is 669 g/mol. The molecule has 2 aromatic rings. The third-order valence-corrected chi connectivity index (χ3v) is 11.1. The van der Waals surface area contributed by atoms with Gasteiger partial charge in [0.1, 0.15) is 5.60 Å². The lowest BCUT2D eigenvalue weighted by molar-refractivity contribution is 0.0240. The Labute approximate surface area is 246 Å². The van der Waals surface area contributed by atoms with Gasteiger partial charge in [-0.1, -0.05) is 14.6 Å². The summed E-state index contributed by atoms with van der Waals surface area (Å²) in [5.41, 5.74) is 4.27. The first kappa shape index (κ1) is 30.1. The number of hydrogen-bond donors (Lipinski definition) is 0. The predicted octanol–water partition coefficient (Wildman–Crippen LogP) is 5.60. The van der Waals surface area contributed by atoms with Crippen LogP contribution in [-0.2, 0) is 20.6 Å². The van der Waals surface area contributed by atoms with Gasteiger partial charge in [0.05, 0.1) is 24.3 Å². The zero-order valence-electron chi connectivity index (χ0n) is 24.0. The number of nitrogens with zero attached hydrogens (tertiary/aromatic N) is 4. The summed E-state index contributed by atoms with van der Waals surface area (Å²) in [6.07, 6.45) is 0.688. The largest absolute Gasteiger partial charge is 0.444 e. The van der Waals surface area contributed by atoms with E-state index in [1.165, 1.54) is 26.3 Å². The molecule has 0 N–H and O–H groups in total. The van der Waals surface area contributed by atoms with Crippen LogP contribution in [0.3, 0.4) is 0 Å². The van der Waals surface area contributed by atoms with Gasteiger partial charge in [0.2, 0.25) is 0 Å².